The van der Waals surface area contributed by atoms with Crippen LogP contribution in [0.1, 0.15) is 28.3 Å². The number of aromatic nitrogens is 2. The van der Waals surface area contributed by atoms with E-state index in [1.165, 1.54) is 24.5 Å². The molecule has 0 saturated carbocycles. The summed E-state index contributed by atoms with van der Waals surface area (Å²) in [5.74, 6) is -0.139. The Kier molecular flexibility index (Phi) is 5.17. The van der Waals surface area contributed by atoms with Crippen molar-refractivity contribution in [2.45, 2.75) is 13.0 Å². The number of phenolic OH excluding ortho intramolecular Hbond substituents is 1. The smallest absolute Gasteiger partial charge is 0.351 e. The molecule has 0 aliphatic carbocycles. The predicted molar refractivity (Wildman–Crippen MR) is 112 cm³/mol. The maximum Gasteiger partial charge on any atom is 0.351 e. The molecule has 0 saturated heterocycles. The van der Waals surface area contributed by atoms with Crippen LogP contribution in [0.2, 0.25) is 5.02 Å². The number of thiophene rings is 1. The van der Waals surface area contributed by atoms with Crippen molar-refractivity contribution in [1.29, 1.82) is 0 Å². The minimum atomic E-state index is -0.500. The molecule has 0 spiro atoms. The van der Waals surface area contributed by atoms with E-state index in [0.717, 1.165) is 16.0 Å². The highest BCUT2D eigenvalue weighted by molar-refractivity contribution is 7.16. The Morgan fingerprint density at radius 2 is 2.03 bits per heavy atom. The zero-order valence-electron chi connectivity index (χ0n) is 15.6. The summed E-state index contributed by atoms with van der Waals surface area (Å²) in [4.78, 5) is 17.1. The van der Waals surface area contributed by atoms with Crippen molar-refractivity contribution in [3.63, 3.8) is 0 Å². The molecule has 1 atom stereocenters. The summed E-state index contributed by atoms with van der Waals surface area (Å²) < 4.78 is 12.9. The minimum Gasteiger partial charge on any atom is -0.506 e. The van der Waals surface area contributed by atoms with Gasteiger partial charge < -0.3 is 14.6 Å². The second-order valence-corrected chi connectivity index (χ2v) is 7.72. The lowest BCUT2D eigenvalue weighted by Gasteiger charge is -2.16. The van der Waals surface area contributed by atoms with Crippen LogP contribution < -0.4 is 4.74 Å². The number of carbonyl (C=O) groups is 1. The van der Waals surface area contributed by atoms with Crippen molar-refractivity contribution in [2.75, 3.05) is 7.11 Å². The highest BCUT2D eigenvalue weighted by Gasteiger charge is 2.23. The van der Waals surface area contributed by atoms with Crippen molar-refractivity contribution in [1.82, 2.24) is 9.55 Å². The van der Waals surface area contributed by atoms with E-state index in [-0.39, 0.29) is 10.8 Å². The average molecular weight is 429 g/mol. The fraction of sp³-hybridized carbons (Fsp3) is 0.143. The van der Waals surface area contributed by atoms with Gasteiger partial charge in [-0.3, -0.25) is 4.57 Å². The molecule has 8 heteroatoms. The van der Waals surface area contributed by atoms with Crippen LogP contribution in [0.5, 0.6) is 11.5 Å². The molecule has 0 unspecified atom stereocenters. The first-order valence-corrected chi connectivity index (χ1v) is 9.97. The zero-order valence-corrected chi connectivity index (χ0v) is 17.2. The lowest BCUT2D eigenvalue weighted by Crippen LogP contribution is -2.07. The molecule has 0 bridgehead atoms. The number of para-hydroxylation sites is 2. The van der Waals surface area contributed by atoms with Gasteiger partial charge in [-0.1, -0.05) is 35.9 Å². The zero-order chi connectivity index (χ0) is 20.5. The number of fused-ring (bicyclic) bond motifs is 1. The molecule has 2 aromatic carbocycles. The van der Waals surface area contributed by atoms with Crippen LogP contribution in [0.3, 0.4) is 0 Å². The van der Waals surface area contributed by atoms with Crippen LogP contribution in [0.15, 0.2) is 54.9 Å². The number of benzene rings is 2. The van der Waals surface area contributed by atoms with Crippen LogP contribution in [0.25, 0.3) is 16.0 Å². The number of aromatic hydroxyl groups is 1. The van der Waals surface area contributed by atoms with E-state index >= 15 is 0 Å². The third kappa shape index (κ3) is 3.54. The van der Waals surface area contributed by atoms with E-state index in [2.05, 4.69) is 4.98 Å². The molecule has 29 heavy (non-hydrogen) atoms. The SMILES string of the molecule is COC(=O)c1sc(-n2cnc3ccccc32)cc1O[C@H](C)c1cccc(O)c1Cl. The number of phenols is 1. The van der Waals surface area contributed by atoms with Crippen LogP contribution in [0.4, 0.5) is 0 Å². The normalized spacial score (nSPS) is 12.1. The van der Waals surface area contributed by atoms with Gasteiger partial charge in [0.25, 0.3) is 0 Å². The average Bonchev–Trinajstić information content (AvgIpc) is 3.33. The van der Waals surface area contributed by atoms with Crippen LogP contribution in [0, 0.1) is 0 Å². The number of hydrogen-bond acceptors (Lipinski definition) is 6. The predicted octanol–water partition coefficient (Wildman–Crippen LogP) is 5.37. The summed E-state index contributed by atoms with van der Waals surface area (Å²) in [5, 5.41) is 10.8. The van der Waals surface area contributed by atoms with Gasteiger partial charge in [0.05, 0.1) is 23.2 Å². The van der Waals surface area contributed by atoms with Gasteiger partial charge in [0.15, 0.2) is 4.88 Å². The third-order valence-electron chi connectivity index (χ3n) is 4.50. The molecule has 4 aromatic rings. The Hall–Kier alpha value is -3.03. The fourth-order valence-corrected chi connectivity index (χ4v) is 4.32. The minimum absolute atomic E-state index is 0.0244. The Balaban J connectivity index is 1.75. The lowest BCUT2D eigenvalue weighted by molar-refractivity contribution is 0.0600. The topological polar surface area (TPSA) is 73.6 Å². The van der Waals surface area contributed by atoms with Crippen LogP contribution >= 0.6 is 22.9 Å². The molecule has 2 aromatic heterocycles. The molecule has 0 fully saturated rings. The number of rotatable bonds is 5. The second kappa shape index (κ2) is 7.77. The van der Waals surface area contributed by atoms with Crippen LogP contribution in [-0.4, -0.2) is 27.7 Å². The van der Waals surface area contributed by atoms with Crippen LogP contribution in [-0.2, 0) is 4.74 Å². The molecule has 0 aliphatic rings. The van der Waals surface area contributed by atoms with Gasteiger partial charge in [0, 0.05) is 11.6 Å². The number of hydrogen-bond donors (Lipinski definition) is 1. The first-order valence-electron chi connectivity index (χ1n) is 8.78. The van der Waals surface area contributed by atoms with Gasteiger partial charge in [0.1, 0.15) is 28.9 Å². The number of nitrogens with zero attached hydrogens (tertiary/aromatic N) is 2. The third-order valence-corrected chi connectivity index (χ3v) is 6.00. The monoisotopic (exact) mass is 428 g/mol. The summed E-state index contributed by atoms with van der Waals surface area (Å²) in [6.45, 7) is 1.80. The Bertz CT molecular complexity index is 1200. The molecule has 0 aliphatic heterocycles. The molecule has 148 valence electrons. The number of imidazole rings is 1. The Morgan fingerprint density at radius 1 is 1.24 bits per heavy atom. The van der Waals surface area contributed by atoms with Crippen molar-refractivity contribution in [2.24, 2.45) is 0 Å². The number of ether oxygens (including phenoxy) is 2. The van der Waals surface area contributed by atoms with E-state index in [1.807, 2.05) is 28.8 Å². The van der Waals surface area contributed by atoms with Crippen molar-refractivity contribution >= 4 is 39.9 Å². The van der Waals surface area contributed by atoms with Crippen molar-refractivity contribution in [3.05, 3.63) is 70.3 Å². The van der Waals surface area contributed by atoms with Crippen molar-refractivity contribution < 1.29 is 19.4 Å². The van der Waals surface area contributed by atoms with E-state index in [1.54, 1.807) is 31.5 Å². The number of methoxy groups -OCH3 is 1. The first-order chi connectivity index (χ1) is 14.0. The highest BCUT2D eigenvalue weighted by Crippen LogP contribution is 2.38. The van der Waals surface area contributed by atoms with Gasteiger partial charge in [-0.15, -0.1) is 11.3 Å². The Morgan fingerprint density at radius 3 is 2.83 bits per heavy atom. The number of carbonyl (C=O) groups excluding carboxylic acids is 1. The Labute approximate surface area is 175 Å². The molecule has 4 rings (SSSR count). The van der Waals surface area contributed by atoms with Gasteiger partial charge in [0.2, 0.25) is 0 Å². The van der Waals surface area contributed by atoms with Gasteiger partial charge >= 0.3 is 5.97 Å². The summed E-state index contributed by atoms with van der Waals surface area (Å²) >= 11 is 7.45. The molecule has 6 nitrogen and oxygen atoms in total. The largest absolute Gasteiger partial charge is 0.506 e. The van der Waals surface area contributed by atoms with Gasteiger partial charge in [-0.05, 0) is 25.1 Å². The number of halogens is 1. The van der Waals surface area contributed by atoms with Crippen molar-refractivity contribution in [3.8, 4) is 16.5 Å². The van der Waals surface area contributed by atoms with Gasteiger partial charge in [-0.2, -0.15) is 0 Å². The second-order valence-electron chi connectivity index (χ2n) is 6.31. The molecular weight excluding hydrogens is 412 g/mol. The molecule has 0 amide bonds. The number of esters is 1. The first kappa shape index (κ1) is 19.3. The summed E-state index contributed by atoms with van der Waals surface area (Å²) in [7, 11) is 1.33. The molecule has 1 N–H and O–H groups in total. The summed E-state index contributed by atoms with van der Waals surface area (Å²) in [6, 6.07) is 14.5. The summed E-state index contributed by atoms with van der Waals surface area (Å²) in [5.41, 5.74) is 2.38. The fourth-order valence-electron chi connectivity index (χ4n) is 3.04. The molecule has 2 heterocycles. The maximum absolute atomic E-state index is 12.3. The van der Waals surface area contributed by atoms with E-state index in [0.29, 0.717) is 16.2 Å². The quantitative estimate of drug-likeness (QED) is 0.432. The van der Waals surface area contributed by atoms with E-state index in [4.69, 9.17) is 21.1 Å². The summed E-state index contributed by atoms with van der Waals surface area (Å²) in [6.07, 6.45) is 1.21. The standard InChI is InChI=1S/C21H17ClN2O4S/c1-12(13-6-5-9-16(25)19(13)22)28-17-10-18(29-20(17)21(26)27-2)24-11-23-14-7-3-4-8-15(14)24/h3-12,25H,1-2H3/t12-/m1/s1. The lowest BCUT2D eigenvalue weighted by atomic mass is 10.1. The molecule has 0 radical (unpaired) electrons. The van der Waals surface area contributed by atoms with E-state index in [9.17, 15) is 9.90 Å². The highest BCUT2D eigenvalue weighted by atomic mass is 35.5. The maximum atomic E-state index is 12.3. The van der Waals surface area contributed by atoms with E-state index < -0.39 is 12.1 Å². The van der Waals surface area contributed by atoms with Gasteiger partial charge in [-0.25, -0.2) is 9.78 Å². The molecular formula is C21H17ClN2O4S.